The molecule has 244 valence electrons. The van der Waals surface area contributed by atoms with Crippen molar-refractivity contribution >= 4 is 22.3 Å². The van der Waals surface area contributed by atoms with Gasteiger partial charge in [0.25, 0.3) is 0 Å². The molecule has 2 N–H and O–H groups in total. The number of hydrogen-bond donors (Lipinski definition) is 2. The van der Waals surface area contributed by atoms with Crippen molar-refractivity contribution in [2.45, 2.75) is 112 Å². The van der Waals surface area contributed by atoms with E-state index in [1.165, 1.54) is 25.7 Å². The van der Waals surface area contributed by atoms with Crippen LogP contribution in [0, 0.1) is 0 Å². The molecule has 4 saturated heterocycles. The summed E-state index contributed by atoms with van der Waals surface area (Å²) >= 11 is 0. The average molecular weight is 641 g/mol. The zero-order chi connectivity index (χ0) is 31.9. The fourth-order valence-corrected chi connectivity index (χ4v) is 8.85. The van der Waals surface area contributed by atoms with Crippen LogP contribution in [0.4, 0.5) is 0 Å². The van der Waals surface area contributed by atoms with Gasteiger partial charge in [0.2, 0.25) is 0 Å². The zero-order valence-electron chi connectivity index (χ0n) is 26.0. The Morgan fingerprint density at radius 3 is 1.73 bits per heavy atom. The van der Waals surface area contributed by atoms with Gasteiger partial charge in [-0.25, -0.2) is 0 Å². The van der Waals surface area contributed by atoms with Gasteiger partial charge in [-0.15, -0.1) is 0 Å². The van der Waals surface area contributed by atoms with Crippen LogP contribution in [-0.4, -0.2) is 89.7 Å². The standard InChI is InChI=1S/C34H42N2O4.H2O4S/c1-35-23-12-13-24(35)19-27(18-23)39-32(37)30-16-17-34(22-8-4-3-5-9-22,31-11-7-6-10-29(30)31)33(38)40-28-20-25-14-15-26(21-28)36(25)2;1-5(2,3)4/h3-11,23-28,30H,12-21H2,1-2H3;(H2,1,2,3,4). The molecule has 2 aromatic rings. The molecule has 5 aliphatic rings. The highest BCUT2D eigenvalue weighted by atomic mass is 32.3. The number of benzene rings is 2. The maximum Gasteiger partial charge on any atom is 0.394 e. The second-order valence-corrected chi connectivity index (χ2v) is 14.4. The van der Waals surface area contributed by atoms with E-state index in [0.29, 0.717) is 37.0 Å². The quantitative estimate of drug-likeness (QED) is 0.355. The predicted octanol–water partition coefficient (Wildman–Crippen LogP) is 4.53. The van der Waals surface area contributed by atoms with Crippen LogP contribution in [0.5, 0.6) is 0 Å². The van der Waals surface area contributed by atoms with Crippen LogP contribution in [0.25, 0.3) is 0 Å². The number of esters is 2. The summed E-state index contributed by atoms with van der Waals surface area (Å²) < 4.78 is 44.3. The maximum atomic E-state index is 14.4. The lowest BCUT2D eigenvalue weighted by Gasteiger charge is -2.42. The molecule has 0 aromatic heterocycles. The topological polar surface area (TPSA) is 134 Å². The molecular weight excluding hydrogens is 596 g/mol. The van der Waals surface area contributed by atoms with Gasteiger partial charge in [0.1, 0.15) is 17.6 Å². The normalized spacial score (nSPS) is 34.3. The Bertz CT molecular complexity index is 1470. The Kier molecular flexibility index (Phi) is 9.11. The molecule has 0 spiro atoms. The van der Waals surface area contributed by atoms with Gasteiger partial charge < -0.3 is 19.3 Å². The van der Waals surface area contributed by atoms with Crippen molar-refractivity contribution in [1.82, 2.24) is 9.80 Å². The van der Waals surface area contributed by atoms with Gasteiger partial charge in [-0.2, -0.15) is 8.42 Å². The molecule has 0 radical (unpaired) electrons. The smallest absolute Gasteiger partial charge is 0.394 e. The lowest BCUT2D eigenvalue weighted by Crippen LogP contribution is -2.48. The number of rotatable bonds is 5. The van der Waals surface area contributed by atoms with E-state index in [2.05, 4.69) is 23.9 Å². The number of piperidine rings is 2. The largest absolute Gasteiger partial charge is 0.462 e. The van der Waals surface area contributed by atoms with Crippen molar-refractivity contribution in [2.24, 2.45) is 0 Å². The summed E-state index contributed by atoms with van der Waals surface area (Å²) in [5, 5.41) is 0. The van der Waals surface area contributed by atoms with Crippen LogP contribution >= 0.6 is 0 Å². The van der Waals surface area contributed by atoms with E-state index < -0.39 is 15.8 Å². The Labute approximate surface area is 265 Å². The molecular formula is C34H44N2O8S. The van der Waals surface area contributed by atoms with E-state index in [0.717, 1.165) is 42.4 Å². The minimum absolute atomic E-state index is 0.0149. The van der Waals surface area contributed by atoms with Gasteiger partial charge in [-0.3, -0.25) is 18.7 Å². The third kappa shape index (κ3) is 6.55. The van der Waals surface area contributed by atoms with Crippen LogP contribution in [0.15, 0.2) is 54.6 Å². The number of carbonyl (C=O) groups excluding carboxylic acids is 2. The van der Waals surface area contributed by atoms with Crippen molar-refractivity contribution in [3.05, 3.63) is 71.3 Å². The van der Waals surface area contributed by atoms with Gasteiger partial charge >= 0.3 is 22.3 Å². The van der Waals surface area contributed by atoms with Crippen molar-refractivity contribution in [3.8, 4) is 0 Å². The predicted molar refractivity (Wildman–Crippen MR) is 167 cm³/mol. The molecule has 6 atom stereocenters. The van der Waals surface area contributed by atoms with Crippen molar-refractivity contribution in [3.63, 3.8) is 0 Å². The average Bonchev–Trinajstić information content (AvgIpc) is 3.31. The third-order valence-corrected chi connectivity index (χ3v) is 11.2. The van der Waals surface area contributed by atoms with E-state index in [-0.39, 0.29) is 30.1 Å². The Hall–Kier alpha value is -2.83. The van der Waals surface area contributed by atoms with E-state index in [1.807, 2.05) is 54.6 Å². The molecule has 10 nitrogen and oxygen atoms in total. The van der Waals surface area contributed by atoms with Crippen LogP contribution < -0.4 is 0 Å². The van der Waals surface area contributed by atoms with Crippen LogP contribution in [0.2, 0.25) is 0 Å². The lowest BCUT2D eigenvalue weighted by atomic mass is 9.63. The summed E-state index contributed by atoms with van der Waals surface area (Å²) in [7, 11) is -0.255. The third-order valence-electron chi connectivity index (χ3n) is 11.2. The summed E-state index contributed by atoms with van der Waals surface area (Å²) in [6.45, 7) is 0. The molecule has 4 heterocycles. The second-order valence-electron chi connectivity index (χ2n) is 13.5. The Morgan fingerprint density at radius 1 is 0.733 bits per heavy atom. The molecule has 4 fully saturated rings. The molecule has 1 aliphatic carbocycles. The Morgan fingerprint density at radius 2 is 1.20 bits per heavy atom. The molecule has 0 amide bonds. The first-order chi connectivity index (χ1) is 21.4. The van der Waals surface area contributed by atoms with Crippen LogP contribution in [0.3, 0.4) is 0 Å². The number of nitrogens with zero attached hydrogens (tertiary/aromatic N) is 2. The summed E-state index contributed by atoms with van der Waals surface area (Å²) in [5.74, 6) is -0.667. The fraction of sp³-hybridized carbons (Fsp3) is 0.588. The summed E-state index contributed by atoms with van der Waals surface area (Å²) in [6.07, 6.45) is 9.44. The van der Waals surface area contributed by atoms with Crippen LogP contribution in [0.1, 0.15) is 86.8 Å². The van der Waals surface area contributed by atoms with Gasteiger partial charge in [0, 0.05) is 24.2 Å². The molecule has 7 rings (SSSR count). The fourth-order valence-electron chi connectivity index (χ4n) is 8.85. The highest BCUT2D eigenvalue weighted by Crippen LogP contribution is 2.49. The van der Waals surface area contributed by atoms with Gasteiger partial charge in [0.15, 0.2) is 0 Å². The second kappa shape index (κ2) is 12.8. The molecule has 45 heavy (non-hydrogen) atoms. The summed E-state index contributed by atoms with van der Waals surface area (Å²) in [5.41, 5.74) is 1.84. The number of carbonyl (C=O) groups is 2. The number of ether oxygens (including phenoxy) is 2. The van der Waals surface area contributed by atoms with Crippen LogP contribution in [-0.2, 0) is 34.9 Å². The highest BCUT2D eigenvalue weighted by molar-refractivity contribution is 7.79. The van der Waals surface area contributed by atoms with Crippen molar-refractivity contribution in [2.75, 3.05) is 14.1 Å². The number of fused-ring (bicyclic) bond motifs is 5. The molecule has 4 aliphatic heterocycles. The van der Waals surface area contributed by atoms with E-state index in [4.69, 9.17) is 27.0 Å². The lowest BCUT2D eigenvalue weighted by molar-refractivity contribution is -0.160. The zero-order valence-corrected chi connectivity index (χ0v) is 26.8. The first-order valence-corrected chi connectivity index (χ1v) is 17.5. The van der Waals surface area contributed by atoms with Gasteiger partial charge in [-0.05, 0) is 95.0 Å². The highest BCUT2D eigenvalue weighted by Gasteiger charge is 2.52. The van der Waals surface area contributed by atoms with Gasteiger partial charge in [0.05, 0.1) is 5.92 Å². The molecule has 6 unspecified atom stereocenters. The number of hydrogen-bond acceptors (Lipinski definition) is 8. The monoisotopic (exact) mass is 640 g/mol. The molecule has 11 heteroatoms. The molecule has 0 saturated carbocycles. The minimum Gasteiger partial charge on any atom is -0.462 e. The molecule has 2 aromatic carbocycles. The first-order valence-electron chi connectivity index (χ1n) is 16.1. The first kappa shape index (κ1) is 32.1. The van der Waals surface area contributed by atoms with E-state index in [9.17, 15) is 9.59 Å². The summed E-state index contributed by atoms with van der Waals surface area (Å²) in [6, 6.07) is 20.1. The SMILES string of the molecule is CN1C2CCC1CC(OC(=O)C1CCC(C(=O)OC3CC4CCC(C3)N4C)(c3ccccc3)c3ccccc31)C2.O=S(=O)(O)O. The van der Waals surface area contributed by atoms with E-state index >= 15 is 0 Å². The Balaban J connectivity index is 0.000000664. The van der Waals surface area contributed by atoms with Gasteiger partial charge in [-0.1, -0.05) is 54.6 Å². The minimum atomic E-state index is -4.67. The van der Waals surface area contributed by atoms with Crippen molar-refractivity contribution < 1.29 is 36.6 Å². The summed E-state index contributed by atoms with van der Waals surface area (Å²) in [4.78, 5) is 33.1. The van der Waals surface area contributed by atoms with Crippen molar-refractivity contribution in [1.29, 1.82) is 0 Å². The molecule has 4 bridgehead atoms. The van der Waals surface area contributed by atoms with E-state index in [1.54, 1.807) is 0 Å². The maximum absolute atomic E-state index is 14.4.